The summed E-state index contributed by atoms with van der Waals surface area (Å²) in [7, 11) is 0. The molecule has 0 bridgehead atoms. The van der Waals surface area contributed by atoms with Gasteiger partial charge in [0.15, 0.2) is 5.13 Å². The normalized spacial score (nSPS) is 11.2. The lowest BCUT2D eigenvalue weighted by Crippen LogP contribution is -2.30. The van der Waals surface area contributed by atoms with E-state index in [1.54, 1.807) is 16.7 Å². The number of fused-ring (bicyclic) bond motifs is 1. The first-order valence-corrected chi connectivity index (χ1v) is 11.8. The summed E-state index contributed by atoms with van der Waals surface area (Å²) >= 11 is 9.38. The van der Waals surface area contributed by atoms with Crippen LogP contribution in [0, 0.1) is 0 Å². The predicted molar refractivity (Wildman–Crippen MR) is 129 cm³/mol. The van der Waals surface area contributed by atoms with Crippen LogP contribution in [0.25, 0.3) is 10.2 Å². The van der Waals surface area contributed by atoms with Gasteiger partial charge in [0, 0.05) is 20.7 Å². The fourth-order valence-corrected chi connectivity index (χ4v) is 5.26. The Kier molecular flexibility index (Phi) is 6.42. The number of thiazole rings is 1. The SMILES string of the molecule is CC(C)Sc1cccc(C(=O)N(Cc2ccccc2)c2nc3ccc(Cl)cc3s2)c1. The van der Waals surface area contributed by atoms with Gasteiger partial charge in [0.25, 0.3) is 5.91 Å². The van der Waals surface area contributed by atoms with Crippen LogP contribution in [0.3, 0.4) is 0 Å². The minimum atomic E-state index is -0.0600. The third-order valence-electron chi connectivity index (χ3n) is 4.45. The van der Waals surface area contributed by atoms with Gasteiger partial charge >= 0.3 is 0 Å². The fraction of sp³-hybridized carbons (Fsp3) is 0.167. The van der Waals surface area contributed by atoms with Crippen molar-refractivity contribution >= 4 is 56.0 Å². The molecule has 0 aliphatic heterocycles. The topological polar surface area (TPSA) is 33.2 Å². The van der Waals surface area contributed by atoms with E-state index < -0.39 is 0 Å². The number of carbonyl (C=O) groups is 1. The van der Waals surface area contributed by atoms with E-state index in [1.807, 2.05) is 72.8 Å². The van der Waals surface area contributed by atoms with Gasteiger partial charge in [-0.3, -0.25) is 9.69 Å². The molecule has 3 nitrogen and oxygen atoms in total. The predicted octanol–water partition coefficient (Wildman–Crippen LogP) is 7.30. The molecule has 6 heteroatoms. The number of aromatic nitrogens is 1. The molecule has 0 unspecified atom stereocenters. The summed E-state index contributed by atoms with van der Waals surface area (Å²) in [5, 5.41) is 1.78. The Balaban J connectivity index is 1.73. The fourth-order valence-electron chi connectivity index (χ4n) is 3.12. The molecule has 0 aliphatic carbocycles. The number of anilines is 1. The van der Waals surface area contributed by atoms with Gasteiger partial charge in [0.2, 0.25) is 0 Å². The van der Waals surface area contributed by atoms with E-state index in [-0.39, 0.29) is 5.91 Å². The molecule has 152 valence electrons. The lowest BCUT2D eigenvalue weighted by molar-refractivity contribution is 0.0985. The van der Waals surface area contributed by atoms with Crippen LogP contribution in [0.1, 0.15) is 29.8 Å². The van der Waals surface area contributed by atoms with Gasteiger partial charge in [-0.25, -0.2) is 4.98 Å². The van der Waals surface area contributed by atoms with E-state index >= 15 is 0 Å². The van der Waals surface area contributed by atoms with Crippen LogP contribution < -0.4 is 4.90 Å². The van der Waals surface area contributed by atoms with Crippen molar-refractivity contribution in [3.8, 4) is 0 Å². The zero-order valence-corrected chi connectivity index (χ0v) is 19.1. The third kappa shape index (κ3) is 4.86. The van der Waals surface area contributed by atoms with Crippen molar-refractivity contribution in [3.05, 3.63) is 88.9 Å². The Morgan fingerprint density at radius 2 is 1.87 bits per heavy atom. The van der Waals surface area contributed by atoms with E-state index in [2.05, 4.69) is 13.8 Å². The highest BCUT2D eigenvalue weighted by atomic mass is 35.5. The van der Waals surface area contributed by atoms with Gasteiger partial charge < -0.3 is 0 Å². The molecule has 0 N–H and O–H groups in total. The van der Waals surface area contributed by atoms with Gasteiger partial charge in [0.05, 0.1) is 16.8 Å². The Labute approximate surface area is 189 Å². The molecule has 4 aromatic rings. The number of hydrogen-bond acceptors (Lipinski definition) is 4. The Bertz CT molecular complexity index is 1170. The minimum absolute atomic E-state index is 0.0600. The second-order valence-corrected chi connectivity index (χ2v) is 10.3. The number of rotatable bonds is 6. The highest BCUT2D eigenvalue weighted by Gasteiger charge is 2.22. The lowest BCUT2D eigenvalue weighted by atomic mass is 10.1. The first-order valence-electron chi connectivity index (χ1n) is 9.68. The van der Waals surface area contributed by atoms with Crippen LogP contribution in [0.4, 0.5) is 5.13 Å². The molecule has 0 fully saturated rings. The smallest absolute Gasteiger partial charge is 0.260 e. The largest absolute Gasteiger partial charge is 0.279 e. The Morgan fingerprint density at radius 1 is 1.07 bits per heavy atom. The first kappa shape index (κ1) is 20.9. The maximum Gasteiger partial charge on any atom is 0.260 e. The molecule has 3 aromatic carbocycles. The molecule has 30 heavy (non-hydrogen) atoms. The monoisotopic (exact) mass is 452 g/mol. The molecule has 0 aliphatic rings. The van der Waals surface area contributed by atoms with Crippen molar-refractivity contribution in [2.75, 3.05) is 4.90 Å². The van der Waals surface area contributed by atoms with Crippen LogP contribution in [0.15, 0.2) is 77.7 Å². The number of carbonyl (C=O) groups excluding carboxylic acids is 1. The summed E-state index contributed by atoms with van der Waals surface area (Å²) in [6, 6.07) is 23.4. The number of halogens is 1. The number of nitrogens with zero attached hydrogens (tertiary/aromatic N) is 2. The van der Waals surface area contributed by atoms with E-state index in [0.717, 1.165) is 20.7 Å². The van der Waals surface area contributed by atoms with Crippen molar-refractivity contribution in [2.45, 2.75) is 30.5 Å². The van der Waals surface area contributed by atoms with Crippen molar-refractivity contribution < 1.29 is 4.79 Å². The molecule has 1 heterocycles. The van der Waals surface area contributed by atoms with Crippen molar-refractivity contribution in [1.82, 2.24) is 4.98 Å². The number of thioether (sulfide) groups is 1. The average molecular weight is 453 g/mol. The zero-order chi connectivity index (χ0) is 21.1. The van der Waals surface area contributed by atoms with Gasteiger partial charge in [-0.05, 0) is 42.0 Å². The molecule has 1 amide bonds. The average Bonchev–Trinajstić information content (AvgIpc) is 3.15. The van der Waals surface area contributed by atoms with Crippen LogP contribution in [-0.4, -0.2) is 16.1 Å². The second-order valence-electron chi connectivity index (χ2n) is 7.18. The summed E-state index contributed by atoms with van der Waals surface area (Å²) in [5.41, 5.74) is 2.55. The van der Waals surface area contributed by atoms with E-state index in [4.69, 9.17) is 16.6 Å². The number of amides is 1. The number of benzene rings is 3. The summed E-state index contributed by atoms with van der Waals surface area (Å²) in [5.74, 6) is -0.0600. The van der Waals surface area contributed by atoms with Gasteiger partial charge in [0.1, 0.15) is 0 Å². The zero-order valence-electron chi connectivity index (χ0n) is 16.7. The second kappa shape index (κ2) is 9.21. The van der Waals surface area contributed by atoms with Crippen molar-refractivity contribution in [1.29, 1.82) is 0 Å². The number of hydrogen-bond donors (Lipinski definition) is 0. The van der Waals surface area contributed by atoms with E-state index in [0.29, 0.717) is 27.5 Å². The highest BCUT2D eigenvalue weighted by molar-refractivity contribution is 7.99. The molecule has 4 rings (SSSR count). The maximum absolute atomic E-state index is 13.6. The first-order chi connectivity index (χ1) is 14.5. The Morgan fingerprint density at radius 3 is 2.63 bits per heavy atom. The molecular formula is C24H21ClN2OS2. The van der Waals surface area contributed by atoms with Gasteiger partial charge in [-0.15, -0.1) is 11.8 Å². The highest BCUT2D eigenvalue weighted by Crippen LogP contribution is 2.33. The standard InChI is InChI=1S/C24H21ClN2OS2/c1-16(2)29-20-10-6-9-18(13-20)23(28)27(15-17-7-4-3-5-8-17)24-26-21-12-11-19(25)14-22(21)30-24/h3-14,16H,15H2,1-2H3. The van der Waals surface area contributed by atoms with Crippen molar-refractivity contribution in [2.24, 2.45) is 0 Å². The van der Waals surface area contributed by atoms with Crippen LogP contribution in [0.5, 0.6) is 0 Å². The molecular weight excluding hydrogens is 432 g/mol. The van der Waals surface area contributed by atoms with Crippen LogP contribution in [0.2, 0.25) is 5.02 Å². The molecule has 1 aromatic heterocycles. The maximum atomic E-state index is 13.6. The van der Waals surface area contributed by atoms with Crippen molar-refractivity contribution in [3.63, 3.8) is 0 Å². The summed E-state index contributed by atoms with van der Waals surface area (Å²) in [6.45, 7) is 4.75. The molecule has 0 spiro atoms. The van der Waals surface area contributed by atoms with Gasteiger partial charge in [-0.2, -0.15) is 0 Å². The Hall–Kier alpha value is -2.34. The van der Waals surface area contributed by atoms with Gasteiger partial charge in [-0.1, -0.05) is 73.2 Å². The third-order valence-corrected chi connectivity index (χ3v) is 6.73. The summed E-state index contributed by atoms with van der Waals surface area (Å²) < 4.78 is 0.965. The minimum Gasteiger partial charge on any atom is -0.279 e. The quantitative estimate of drug-likeness (QED) is 0.288. The molecule has 0 atom stereocenters. The lowest BCUT2D eigenvalue weighted by Gasteiger charge is -2.20. The van der Waals surface area contributed by atoms with Crippen LogP contribution >= 0.6 is 34.7 Å². The summed E-state index contributed by atoms with van der Waals surface area (Å²) in [6.07, 6.45) is 0. The van der Waals surface area contributed by atoms with Crippen LogP contribution in [-0.2, 0) is 6.54 Å². The summed E-state index contributed by atoms with van der Waals surface area (Å²) in [4.78, 5) is 21.2. The molecule has 0 saturated heterocycles. The van der Waals surface area contributed by atoms with E-state index in [9.17, 15) is 4.79 Å². The molecule has 0 radical (unpaired) electrons. The van der Waals surface area contributed by atoms with E-state index in [1.165, 1.54) is 11.3 Å². The molecule has 0 saturated carbocycles.